The normalized spacial score (nSPS) is 18.7. The maximum atomic E-state index is 6.54. The maximum absolute atomic E-state index is 6.54. The zero-order valence-electron chi connectivity index (χ0n) is 10.0. The molecule has 0 aromatic heterocycles. The predicted molar refractivity (Wildman–Crippen MR) is 68.3 cm³/mol. The molecule has 1 saturated carbocycles. The molecule has 1 nitrogen and oxygen atoms in total. The number of rotatable bonds is 3. The first-order chi connectivity index (χ1) is 7.72. The third-order valence-electron chi connectivity index (χ3n) is 3.55. The van der Waals surface area contributed by atoms with Gasteiger partial charge in [-0.2, -0.15) is 0 Å². The van der Waals surface area contributed by atoms with Gasteiger partial charge < -0.3 is 4.74 Å². The third-order valence-corrected chi connectivity index (χ3v) is 4.16. The Labute approximate surface area is 103 Å². The van der Waals surface area contributed by atoms with Gasteiger partial charge in [-0.1, -0.05) is 25.0 Å². The maximum Gasteiger partial charge on any atom is 0.121 e. The van der Waals surface area contributed by atoms with Gasteiger partial charge in [0, 0.05) is 0 Å². The molecule has 2 heteroatoms. The highest BCUT2D eigenvalue weighted by atomic mass is 35.5. The van der Waals surface area contributed by atoms with Crippen molar-refractivity contribution in [2.75, 3.05) is 7.11 Å². The smallest absolute Gasteiger partial charge is 0.121 e. The molecule has 0 radical (unpaired) electrons. The molecule has 1 aromatic rings. The summed E-state index contributed by atoms with van der Waals surface area (Å²) in [6.07, 6.45) is 5.23. The first kappa shape index (κ1) is 11.8. The van der Waals surface area contributed by atoms with Gasteiger partial charge in [0.05, 0.1) is 12.5 Å². The number of halogens is 1. The molecule has 2 rings (SSSR count). The summed E-state index contributed by atoms with van der Waals surface area (Å²) in [6, 6.07) is 6.28. The summed E-state index contributed by atoms with van der Waals surface area (Å²) in [7, 11) is 1.71. The molecular formula is C14H19ClO. The Morgan fingerprint density at radius 2 is 2.00 bits per heavy atom. The van der Waals surface area contributed by atoms with Crippen molar-refractivity contribution >= 4 is 11.6 Å². The molecule has 16 heavy (non-hydrogen) atoms. The Hall–Kier alpha value is -0.690. The van der Waals surface area contributed by atoms with Gasteiger partial charge in [-0.05, 0) is 42.9 Å². The van der Waals surface area contributed by atoms with Crippen molar-refractivity contribution in [1.82, 2.24) is 0 Å². The van der Waals surface area contributed by atoms with E-state index < -0.39 is 0 Å². The van der Waals surface area contributed by atoms with Crippen LogP contribution in [0, 0.1) is 12.8 Å². The van der Waals surface area contributed by atoms with Crippen LogP contribution in [0.5, 0.6) is 5.75 Å². The highest BCUT2D eigenvalue weighted by Gasteiger charge is 2.24. The number of aryl methyl sites for hydroxylation is 1. The van der Waals surface area contributed by atoms with Gasteiger partial charge in [0.1, 0.15) is 5.75 Å². The largest absolute Gasteiger partial charge is 0.496 e. The van der Waals surface area contributed by atoms with Gasteiger partial charge in [0.15, 0.2) is 0 Å². The molecule has 1 fully saturated rings. The van der Waals surface area contributed by atoms with Crippen LogP contribution < -0.4 is 4.74 Å². The van der Waals surface area contributed by atoms with Crippen LogP contribution in [0.4, 0.5) is 0 Å². The standard InChI is InChI=1S/C14H19ClO/c1-10-9-12(7-8-13(10)16-2)14(15)11-5-3-4-6-11/h7-9,11,14H,3-6H2,1-2H3. The summed E-state index contributed by atoms with van der Waals surface area (Å²) in [4.78, 5) is 0. The van der Waals surface area contributed by atoms with Gasteiger partial charge in [0.2, 0.25) is 0 Å². The minimum absolute atomic E-state index is 0.173. The zero-order chi connectivity index (χ0) is 11.5. The minimum atomic E-state index is 0.173. The van der Waals surface area contributed by atoms with E-state index in [4.69, 9.17) is 16.3 Å². The summed E-state index contributed by atoms with van der Waals surface area (Å²) in [5.41, 5.74) is 2.41. The van der Waals surface area contributed by atoms with Crippen LogP contribution in [0.25, 0.3) is 0 Å². The Morgan fingerprint density at radius 3 is 2.56 bits per heavy atom. The Bertz CT molecular complexity index is 356. The second-order valence-electron chi connectivity index (χ2n) is 4.68. The average Bonchev–Trinajstić information content (AvgIpc) is 2.81. The summed E-state index contributed by atoms with van der Waals surface area (Å²) >= 11 is 6.54. The van der Waals surface area contributed by atoms with Gasteiger partial charge >= 0.3 is 0 Å². The van der Waals surface area contributed by atoms with E-state index in [1.165, 1.54) is 36.8 Å². The Morgan fingerprint density at radius 1 is 1.31 bits per heavy atom. The van der Waals surface area contributed by atoms with E-state index in [-0.39, 0.29) is 5.38 Å². The zero-order valence-corrected chi connectivity index (χ0v) is 10.8. The average molecular weight is 239 g/mol. The first-order valence-corrected chi connectivity index (χ1v) is 6.44. The van der Waals surface area contributed by atoms with Crippen LogP contribution in [0.3, 0.4) is 0 Å². The van der Waals surface area contributed by atoms with Crippen LogP contribution in [0.2, 0.25) is 0 Å². The molecule has 1 unspecified atom stereocenters. The molecular weight excluding hydrogens is 220 g/mol. The second kappa shape index (κ2) is 5.09. The van der Waals surface area contributed by atoms with Gasteiger partial charge in [-0.15, -0.1) is 11.6 Å². The monoisotopic (exact) mass is 238 g/mol. The van der Waals surface area contributed by atoms with E-state index >= 15 is 0 Å². The topological polar surface area (TPSA) is 9.23 Å². The van der Waals surface area contributed by atoms with Crippen molar-refractivity contribution < 1.29 is 4.74 Å². The molecule has 1 atom stereocenters. The van der Waals surface area contributed by atoms with E-state index in [1.54, 1.807) is 7.11 Å². The van der Waals surface area contributed by atoms with E-state index in [0.717, 1.165) is 5.75 Å². The molecule has 0 bridgehead atoms. The molecule has 1 aromatic carbocycles. The fourth-order valence-corrected chi connectivity index (χ4v) is 2.98. The van der Waals surface area contributed by atoms with Crippen LogP contribution in [-0.4, -0.2) is 7.11 Å². The fraction of sp³-hybridized carbons (Fsp3) is 0.571. The minimum Gasteiger partial charge on any atom is -0.496 e. The lowest BCUT2D eigenvalue weighted by Crippen LogP contribution is -2.03. The van der Waals surface area contributed by atoms with Gasteiger partial charge in [-0.25, -0.2) is 0 Å². The number of hydrogen-bond acceptors (Lipinski definition) is 1. The van der Waals surface area contributed by atoms with E-state index in [1.807, 2.05) is 6.07 Å². The predicted octanol–water partition coefficient (Wildman–Crippen LogP) is 4.47. The van der Waals surface area contributed by atoms with Crippen molar-refractivity contribution in [1.29, 1.82) is 0 Å². The number of alkyl halides is 1. The number of methoxy groups -OCH3 is 1. The fourth-order valence-electron chi connectivity index (χ4n) is 2.60. The highest BCUT2D eigenvalue weighted by Crippen LogP contribution is 2.40. The lowest BCUT2D eigenvalue weighted by atomic mass is 9.96. The summed E-state index contributed by atoms with van der Waals surface area (Å²) in [6.45, 7) is 2.07. The molecule has 0 spiro atoms. The van der Waals surface area contributed by atoms with Gasteiger partial charge in [-0.3, -0.25) is 0 Å². The van der Waals surface area contributed by atoms with Crippen molar-refractivity contribution in [2.45, 2.75) is 38.0 Å². The number of hydrogen-bond donors (Lipinski definition) is 0. The molecule has 0 amide bonds. The summed E-state index contributed by atoms with van der Waals surface area (Å²) in [5, 5.41) is 0.173. The van der Waals surface area contributed by atoms with E-state index in [2.05, 4.69) is 19.1 Å². The highest BCUT2D eigenvalue weighted by molar-refractivity contribution is 6.21. The van der Waals surface area contributed by atoms with Crippen molar-refractivity contribution in [3.05, 3.63) is 29.3 Å². The van der Waals surface area contributed by atoms with E-state index in [0.29, 0.717) is 5.92 Å². The lowest BCUT2D eigenvalue weighted by Gasteiger charge is -2.18. The first-order valence-electron chi connectivity index (χ1n) is 6.01. The molecule has 1 aliphatic rings. The number of benzene rings is 1. The van der Waals surface area contributed by atoms with Crippen LogP contribution in [0.1, 0.15) is 42.2 Å². The summed E-state index contributed by atoms with van der Waals surface area (Å²) < 4.78 is 5.26. The van der Waals surface area contributed by atoms with Crippen LogP contribution in [-0.2, 0) is 0 Å². The summed E-state index contributed by atoms with van der Waals surface area (Å²) in [5.74, 6) is 1.61. The molecule has 1 aliphatic carbocycles. The molecule has 0 saturated heterocycles. The van der Waals surface area contributed by atoms with Crippen molar-refractivity contribution in [3.63, 3.8) is 0 Å². The van der Waals surface area contributed by atoms with Crippen LogP contribution in [0.15, 0.2) is 18.2 Å². The second-order valence-corrected chi connectivity index (χ2v) is 5.15. The molecule has 0 aliphatic heterocycles. The Balaban J connectivity index is 2.16. The van der Waals surface area contributed by atoms with Gasteiger partial charge in [0.25, 0.3) is 0 Å². The molecule has 0 heterocycles. The van der Waals surface area contributed by atoms with Crippen molar-refractivity contribution in [2.24, 2.45) is 5.92 Å². The third kappa shape index (κ3) is 2.35. The Kier molecular flexibility index (Phi) is 3.75. The van der Waals surface area contributed by atoms with E-state index in [9.17, 15) is 0 Å². The lowest BCUT2D eigenvalue weighted by molar-refractivity contribution is 0.411. The SMILES string of the molecule is COc1ccc(C(Cl)C2CCCC2)cc1C. The molecule has 0 N–H and O–H groups in total. The van der Waals surface area contributed by atoms with Crippen LogP contribution >= 0.6 is 11.6 Å². The quantitative estimate of drug-likeness (QED) is 0.706. The number of ether oxygens (including phenoxy) is 1. The molecule has 88 valence electrons. The van der Waals surface area contributed by atoms with Crippen molar-refractivity contribution in [3.8, 4) is 5.75 Å².